The summed E-state index contributed by atoms with van der Waals surface area (Å²) in [5.74, 6) is 1.40. The van der Waals surface area contributed by atoms with Gasteiger partial charge >= 0.3 is 0 Å². The van der Waals surface area contributed by atoms with E-state index in [2.05, 4.69) is 26.0 Å². The number of halogens is 1. The lowest BCUT2D eigenvalue weighted by Gasteiger charge is -2.00. The number of benzene rings is 1. The lowest BCUT2D eigenvalue weighted by molar-refractivity contribution is 0.410. The molecule has 0 saturated heterocycles. The van der Waals surface area contributed by atoms with E-state index in [9.17, 15) is 0 Å². The van der Waals surface area contributed by atoms with Gasteiger partial charge in [0.25, 0.3) is 0 Å². The number of aryl methyl sites for hydroxylation is 1. The van der Waals surface area contributed by atoms with Gasteiger partial charge < -0.3 is 9.15 Å². The van der Waals surface area contributed by atoms with Gasteiger partial charge in [-0.15, -0.1) is 0 Å². The number of hydrogen-bond donors (Lipinski definition) is 0. The smallest absolute Gasteiger partial charge is 0.212 e. The fraction of sp³-hybridized carbons (Fsp3) is 0.143. The molecule has 106 valence electrons. The molecule has 0 amide bonds. The average molecular weight is 364 g/mol. The second-order valence-electron chi connectivity index (χ2n) is 4.61. The van der Waals surface area contributed by atoms with Crippen molar-refractivity contribution in [1.29, 1.82) is 0 Å². The molecule has 4 rings (SSSR count). The number of methoxy groups -OCH3 is 1. The minimum absolute atomic E-state index is 0.695. The number of nitrogens with zero attached hydrogens (tertiary/aromatic N) is 3. The normalized spacial score (nSPS) is 11.6. The lowest BCUT2D eigenvalue weighted by atomic mass is 10.2. The van der Waals surface area contributed by atoms with Crippen molar-refractivity contribution >= 4 is 43.2 Å². The molecule has 0 fully saturated rings. The molecule has 7 heteroatoms. The molecule has 0 aliphatic carbocycles. The molecule has 0 spiro atoms. The Morgan fingerprint density at radius 1 is 1.33 bits per heavy atom. The Balaban J connectivity index is 1.91. The highest BCUT2D eigenvalue weighted by Crippen LogP contribution is 2.35. The van der Waals surface area contributed by atoms with Gasteiger partial charge in [0.1, 0.15) is 10.7 Å². The Hall–Kier alpha value is -1.86. The summed E-state index contributed by atoms with van der Waals surface area (Å²) in [7, 11) is 1.63. The van der Waals surface area contributed by atoms with Crippen molar-refractivity contribution in [3.63, 3.8) is 0 Å². The lowest BCUT2D eigenvalue weighted by Crippen LogP contribution is -1.82. The molecule has 3 heterocycles. The van der Waals surface area contributed by atoms with Crippen molar-refractivity contribution in [2.75, 3.05) is 7.11 Å². The first-order chi connectivity index (χ1) is 10.1. The van der Waals surface area contributed by atoms with Crippen LogP contribution in [-0.2, 0) is 0 Å². The largest absolute Gasteiger partial charge is 0.493 e. The molecule has 0 N–H and O–H groups in total. The molecule has 0 radical (unpaired) electrons. The number of ether oxygens (including phenoxy) is 1. The van der Waals surface area contributed by atoms with Gasteiger partial charge in [0, 0.05) is 9.86 Å². The highest BCUT2D eigenvalue weighted by molar-refractivity contribution is 9.10. The first kappa shape index (κ1) is 12.8. The van der Waals surface area contributed by atoms with E-state index < -0.39 is 0 Å². The third kappa shape index (κ3) is 2.04. The highest BCUT2D eigenvalue weighted by Gasteiger charge is 2.15. The van der Waals surface area contributed by atoms with E-state index in [4.69, 9.17) is 9.15 Å². The summed E-state index contributed by atoms with van der Waals surface area (Å²) in [5.41, 5.74) is 1.49. The van der Waals surface area contributed by atoms with Gasteiger partial charge in [0.2, 0.25) is 4.96 Å². The number of hydrogen-bond acceptors (Lipinski definition) is 5. The minimum Gasteiger partial charge on any atom is -0.493 e. The van der Waals surface area contributed by atoms with Gasteiger partial charge in [-0.1, -0.05) is 27.3 Å². The molecule has 5 nitrogen and oxygen atoms in total. The van der Waals surface area contributed by atoms with Crippen molar-refractivity contribution in [2.45, 2.75) is 6.92 Å². The standard InChI is InChI=1S/C14H10BrN3O2S/c1-7-17-18-6-10(16-14(18)21-7)11-4-8-3-9(15)5-12(19-2)13(8)20-11/h3-6H,1-2H3. The van der Waals surface area contributed by atoms with Crippen molar-refractivity contribution in [1.82, 2.24) is 14.6 Å². The van der Waals surface area contributed by atoms with Crippen LogP contribution in [0.25, 0.3) is 27.4 Å². The van der Waals surface area contributed by atoms with E-state index in [0.29, 0.717) is 11.5 Å². The van der Waals surface area contributed by atoms with Gasteiger partial charge in [-0.05, 0) is 25.1 Å². The topological polar surface area (TPSA) is 52.6 Å². The molecule has 3 aromatic heterocycles. The Bertz CT molecular complexity index is 938. The summed E-state index contributed by atoms with van der Waals surface area (Å²) < 4.78 is 14.0. The number of fused-ring (bicyclic) bond motifs is 2. The first-order valence-corrected chi connectivity index (χ1v) is 7.85. The predicted octanol–water partition coefficient (Wildman–Crippen LogP) is 4.28. The summed E-state index contributed by atoms with van der Waals surface area (Å²) in [6, 6.07) is 5.83. The predicted molar refractivity (Wildman–Crippen MR) is 85.1 cm³/mol. The van der Waals surface area contributed by atoms with Crippen LogP contribution in [-0.4, -0.2) is 21.7 Å². The van der Waals surface area contributed by atoms with Crippen LogP contribution in [0.2, 0.25) is 0 Å². The van der Waals surface area contributed by atoms with E-state index in [-0.39, 0.29) is 0 Å². The molecule has 1 aromatic carbocycles. The van der Waals surface area contributed by atoms with Crippen molar-refractivity contribution in [3.8, 4) is 17.2 Å². The number of furan rings is 1. The highest BCUT2D eigenvalue weighted by atomic mass is 79.9. The van der Waals surface area contributed by atoms with Crippen LogP contribution in [0.4, 0.5) is 0 Å². The van der Waals surface area contributed by atoms with Crippen LogP contribution in [0.5, 0.6) is 5.75 Å². The van der Waals surface area contributed by atoms with Crippen LogP contribution in [0.3, 0.4) is 0 Å². The van der Waals surface area contributed by atoms with Gasteiger partial charge in [-0.25, -0.2) is 9.50 Å². The summed E-state index contributed by atoms with van der Waals surface area (Å²) in [4.78, 5) is 5.41. The van der Waals surface area contributed by atoms with Crippen LogP contribution >= 0.6 is 27.3 Å². The van der Waals surface area contributed by atoms with Crippen LogP contribution in [0.1, 0.15) is 5.01 Å². The van der Waals surface area contributed by atoms with E-state index in [0.717, 1.165) is 31.1 Å². The van der Waals surface area contributed by atoms with E-state index >= 15 is 0 Å². The fourth-order valence-corrected chi connectivity index (χ4v) is 3.46. The van der Waals surface area contributed by atoms with E-state index in [1.165, 1.54) is 0 Å². The fourth-order valence-electron chi connectivity index (χ4n) is 2.28. The average Bonchev–Trinajstić information content (AvgIpc) is 3.08. The van der Waals surface area contributed by atoms with Crippen LogP contribution < -0.4 is 4.74 Å². The first-order valence-electron chi connectivity index (χ1n) is 6.24. The number of rotatable bonds is 2. The van der Waals surface area contributed by atoms with Gasteiger partial charge in [-0.2, -0.15) is 5.10 Å². The molecule has 0 atom stereocenters. The second-order valence-corrected chi connectivity index (χ2v) is 6.69. The quantitative estimate of drug-likeness (QED) is 0.533. The molecule has 21 heavy (non-hydrogen) atoms. The maximum absolute atomic E-state index is 5.92. The van der Waals surface area contributed by atoms with Crippen LogP contribution in [0, 0.1) is 6.92 Å². The monoisotopic (exact) mass is 363 g/mol. The summed E-state index contributed by atoms with van der Waals surface area (Å²) in [6.07, 6.45) is 1.87. The second kappa shape index (κ2) is 4.57. The maximum Gasteiger partial charge on any atom is 0.212 e. The van der Waals surface area contributed by atoms with Crippen molar-refractivity contribution in [3.05, 3.63) is 33.9 Å². The number of imidazole rings is 1. The summed E-state index contributed by atoms with van der Waals surface area (Å²) >= 11 is 5.02. The minimum atomic E-state index is 0.695. The molecular formula is C14H10BrN3O2S. The molecule has 0 saturated carbocycles. The molecule has 0 bridgehead atoms. The Morgan fingerprint density at radius 2 is 2.19 bits per heavy atom. The third-order valence-electron chi connectivity index (χ3n) is 3.16. The van der Waals surface area contributed by atoms with Crippen LogP contribution in [0.15, 0.2) is 33.3 Å². The summed E-state index contributed by atoms with van der Waals surface area (Å²) in [5, 5.41) is 6.31. The Kier molecular flexibility index (Phi) is 2.80. The van der Waals surface area contributed by atoms with E-state index in [1.54, 1.807) is 23.0 Å². The molecular weight excluding hydrogens is 354 g/mol. The SMILES string of the molecule is COc1cc(Br)cc2cc(-c3cn4nc(C)sc4n3)oc12. The molecule has 0 unspecified atom stereocenters. The zero-order valence-electron chi connectivity index (χ0n) is 11.3. The Morgan fingerprint density at radius 3 is 2.95 bits per heavy atom. The number of aromatic nitrogens is 3. The maximum atomic E-state index is 5.92. The van der Waals surface area contributed by atoms with E-state index in [1.807, 2.05) is 31.3 Å². The molecule has 0 aliphatic rings. The van der Waals surface area contributed by atoms with Gasteiger partial charge in [0.05, 0.1) is 13.3 Å². The third-order valence-corrected chi connectivity index (χ3v) is 4.46. The zero-order valence-corrected chi connectivity index (χ0v) is 13.7. The van der Waals surface area contributed by atoms with Gasteiger partial charge in [0.15, 0.2) is 17.1 Å². The molecule has 4 aromatic rings. The Labute approximate surface area is 132 Å². The van der Waals surface area contributed by atoms with Gasteiger partial charge in [-0.3, -0.25) is 0 Å². The van der Waals surface area contributed by atoms with Crippen molar-refractivity contribution < 1.29 is 9.15 Å². The summed E-state index contributed by atoms with van der Waals surface area (Å²) in [6.45, 7) is 1.96. The zero-order chi connectivity index (χ0) is 14.6. The molecule has 0 aliphatic heterocycles. The van der Waals surface area contributed by atoms with Crippen molar-refractivity contribution in [2.24, 2.45) is 0 Å².